The Labute approximate surface area is 87.0 Å². The van der Waals surface area contributed by atoms with Gasteiger partial charge in [-0.05, 0) is 25.7 Å². The Morgan fingerprint density at radius 3 is 1.00 bits per heavy atom. The molecule has 0 unspecified atom stereocenters. The lowest BCUT2D eigenvalue weighted by Gasteiger charge is -1.86. The van der Waals surface area contributed by atoms with E-state index in [1.165, 1.54) is 0 Å². The molecule has 0 aromatic rings. The van der Waals surface area contributed by atoms with Crippen LogP contribution in [0.5, 0.6) is 0 Å². The highest BCUT2D eigenvalue weighted by atomic mass is 13.8. The molecule has 0 fully saturated rings. The first kappa shape index (κ1) is 10.8. The second kappa shape index (κ2) is 8.31. The van der Waals surface area contributed by atoms with E-state index in [2.05, 4.69) is 60.8 Å². The van der Waals surface area contributed by atoms with Gasteiger partial charge in [0.2, 0.25) is 0 Å². The molecule has 0 N–H and O–H groups in total. The predicted octanol–water partition coefficient (Wildman–Crippen LogP) is 4.34. The van der Waals surface area contributed by atoms with Gasteiger partial charge in [-0.2, -0.15) is 0 Å². The summed E-state index contributed by atoms with van der Waals surface area (Å²) in [5, 5.41) is 0. The van der Waals surface area contributed by atoms with Gasteiger partial charge in [0.05, 0.1) is 0 Å². The number of hydrogen-bond acceptors (Lipinski definition) is 0. The lowest BCUT2D eigenvalue weighted by atomic mass is 10.2. The molecule has 0 heterocycles. The van der Waals surface area contributed by atoms with E-state index in [0.717, 1.165) is 25.7 Å². The molecule has 0 aliphatic heterocycles. The van der Waals surface area contributed by atoms with E-state index >= 15 is 0 Å². The van der Waals surface area contributed by atoms with Gasteiger partial charge in [0.15, 0.2) is 0 Å². The van der Waals surface area contributed by atoms with Crippen LogP contribution in [-0.2, 0) is 0 Å². The van der Waals surface area contributed by atoms with Crippen molar-refractivity contribution in [3.63, 3.8) is 0 Å². The zero-order chi connectivity index (χ0) is 9.90. The number of allylic oxidation sites excluding steroid dienone is 10. The third-order valence-electron chi connectivity index (χ3n) is 1.97. The zero-order valence-electron chi connectivity index (χ0n) is 8.60. The summed E-state index contributed by atoms with van der Waals surface area (Å²) in [5.74, 6) is 0. The summed E-state index contributed by atoms with van der Waals surface area (Å²) in [6.07, 6.45) is 26.0. The van der Waals surface area contributed by atoms with Crippen LogP contribution < -0.4 is 0 Å². The molecule has 1 aliphatic rings. The molecule has 1 rings (SSSR count). The van der Waals surface area contributed by atoms with Crippen molar-refractivity contribution in [2.75, 3.05) is 0 Å². The van der Waals surface area contributed by atoms with Crippen molar-refractivity contribution < 1.29 is 0 Å². The predicted molar refractivity (Wildman–Crippen MR) is 64.2 cm³/mol. The summed E-state index contributed by atoms with van der Waals surface area (Å²) in [5.41, 5.74) is 0. The third-order valence-corrected chi connectivity index (χ3v) is 1.97. The summed E-state index contributed by atoms with van der Waals surface area (Å²) < 4.78 is 0. The normalized spacial score (nSPS) is 18.3. The van der Waals surface area contributed by atoms with Crippen LogP contribution in [0.25, 0.3) is 0 Å². The van der Waals surface area contributed by atoms with E-state index in [1.807, 2.05) is 0 Å². The standard InChI is InChI=1S/C14H18/c1-2-4-6-8-10-12-14-13-11-9-7-5-3-1/h1-4,7-10,13-14H,5-6,11-12H2. The van der Waals surface area contributed by atoms with Crippen LogP contribution in [0.3, 0.4) is 0 Å². The zero-order valence-corrected chi connectivity index (χ0v) is 8.60. The molecule has 1 aliphatic carbocycles. The van der Waals surface area contributed by atoms with E-state index in [9.17, 15) is 0 Å². The SMILES string of the molecule is C1=CCC=CCC=CCC=CCC=C1. The minimum Gasteiger partial charge on any atom is -0.0844 e. The first-order chi connectivity index (χ1) is 7.00. The summed E-state index contributed by atoms with van der Waals surface area (Å²) in [6.45, 7) is 0. The van der Waals surface area contributed by atoms with Crippen molar-refractivity contribution >= 4 is 0 Å². The van der Waals surface area contributed by atoms with Gasteiger partial charge in [-0.1, -0.05) is 60.8 Å². The molecule has 0 spiro atoms. The molecule has 0 radical (unpaired) electrons. The first-order valence-corrected chi connectivity index (χ1v) is 5.27. The Kier molecular flexibility index (Phi) is 6.39. The second-order valence-corrected chi connectivity index (χ2v) is 3.21. The van der Waals surface area contributed by atoms with E-state index < -0.39 is 0 Å². The third kappa shape index (κ3) is 6.24. The molecule has 74 valence electrons. The fourth-order valence-corrected chi connectivity index (χ4v) is 1.21. The molecule has 0 atom stereocenters. The maximum Gasteiger partial charge on any atom is -0.0166 e. The van der Waals surface area contributed by atoms with Crippen molar-refractivity contribution in [1.82, 2.24) is 0 Å². The van der Waals surface area contributed by atoms with Gasteiger partial charge in [-0.3, -0.25) is 0 Å². The second-order valence-electron chi connectivity index (χ2n) is 3.21. The quantitative estimate of drug-likeness (QED) is 0.494. The summed E-state index contributed by atoms with van der Waals surface area (Å²) in [6, 6.07) is 0. The molecular weight excluding hydrogens is 168 g/mol. The van der Waals surface area contributed by atoms with Crippen molar-refractivity contribution in [2.24, 2.45) is 0 Å². The number of hydrogen-bond donors (Lipinski definition) is 0. The van der Waals surface area contributed by atoms with E-state index in [0.29, 0.717) is 0 Å². The van der Waals surface area contributed by atoms with Crippen LogP contribution in [0.15, 0.2) is 60.8 Å². The van der Waals surface area contributed by atoms with Gasteiger partial charge in [0.25, 0.3) is 0 Å². The Balaban J connectivity index is 2.45. The fraction of sp³-hybridized carbons (Fsp3) is 0.286. The lowest BCUT2D eigenvalue weighted by Crippen LogP contribution is -1.65. The lowest BCUT2D eigenvalue weighted by molar-refractivity contribution is 1.26. The van der Waals surface area contributed by atoms with Crippen molar-refractivity contribution in [3.8, 4) is 0 Å². The molecule has 0 saturated carbocycles. The van der Waals surface area contributed by atoms with Gasteiger partial charge in [0, 0.05) is 0 Å². The maximum atomic E-state index is 2.21. The van der Waals surface area contributed by atoms with Crippen LogP contribution in [-0.4, -0.2) is 0 Å². The highest BCUT2D eigenvalue weighted by Crippen LogP contribution is 1.96. The molecule has 0 nitrogen and oxygen atoms in total. The van der Waals surface area contributed by atoms with Crippen molar-refractivity contribution in [1.29, 1.82) is 0 Å². The number of rotatable bonds is 0. The molecule has 0 amide bonds. The monoisotopic (exact) mass is 186 g/mol. The molecule has 0 aromatic heterocycles. The van der Waals surface area contributed by atoms with E-state index in [-0.39, 0.29) is 0 Å². The van der Waals surface area contributed by atoms with Gasteiger partial charge in [-0.25, -0.2) is 0 Å². The minimum atomic E-state index is 1.04. The molecule has 0 bridgehead atoms. The van der Waals surface area contributed by atoms with E-state index in [1.54, 1.807) is 0 Å². The molecule has 0 heteroatoms. The highest BCUT2D eigenvalue weighted by Gasteiger charge is 1.75. The van der Waals surface area contributed by atoms with Gasteiger partial charge in [-0.15, -0.1) is 0 Å². The molecule has 14 heavy (non-hydrogen) atoms. The largest absolute Gasteiger partial charge is 0.0844 e. The maximum absolute atomic E-state index is 2.21. The van der Waals surface area contributed by atoms with Crippen LogP contribution in [0, 0.1) is 0 Å². The van der Waals surface area contributed by atoms with Gasteiger partial charge >= 0.3 is 0 Å². The minimum absolute atomic E-state index is 1.04. The van der Waals surface area contributed by atoms with Gasteiger partial charge in [0.1, 0.15) is 0 Å². The Morgan fingerprint density at radius 2 is 0.643 bits per heavy atom. The Hall–Kier alpha value is -1.30. The fourth-order valence-electron chi connectivity index (χ4n) is 1.21. The molecular formula is C14H18. The molecule has 0 saturated heterocycles. The van der Waals surface area contributed by atoms with Crippen LogP contribution in [0.4, 0.5) is 0 Å². The Bertz CT molecular complexity index is 234. The van der Waals surface area contributed by atoms with Crippen LogP contribution in [0.1, 0.15) is 25.7 Å². The summed E-state index contributed by atoms with van der Waals surface area (Å²) >= 11 is 0. The summed E-state index contributed by atoms with van der Waals surface area (Å²) in [7, 11) is 0. The van der Waals surface area contributed by atoms with Crippen LogP contribution >= 0.6 is 0 Å². The van der Waals surface area contributed by atoms with Crippen molar-refractivity contribution in [3.05, 3.63) is 60.8 Å². The van der Waals surface area contributed by atoms with Crippen LogP contribution in [0.2, 0.25) is 0 Å². The molecule has 0 aromatic carbocycles. The van der Waals surface area contributed by atoms with Crippen molar-refractivity contribution in [2.45, 2.75) is 25.7 Å². The Morgan fingerprint density at radius 1 is 0.357 bits per heavy atom. The average molecular weight is 186 g/mol. The smallest absolute Gasteiger partial charge is 0.0166 e. The first-order valence-electron chi connectivity index (χ1n) is 5.27. The van der Waals surface area contributed by atoms with E-state index in [4.69, 9.17) is 0 Å². The average Bonchev–Trinajstić information content (AvgIpc) is 2.22. The topological polar surface area (TPSA) is 0 Å². The van der Waals surface area contributed by atoms with Gasteiger partial charge < -0.3 is 0 Å². The highest BCUT2D eigenvalue weighted by molar-refractivity contribution is 5.08. The summed E-state index contributed by atoms with van der Waals surface area (Å²) in [4.78, 5) is 0.